The average Bonchev–Trinajstić information content (AvgIpc) is 3.20. The number of anilines is 1. The Hall–Kier alpha value is -3.64. The van der Waals surface area contributed by atoms with Crippen molar-refractivity contribution in [1.29, 1.82) is 0 Å². The number of halogens is 1. The summed E-state index contributed by atoms with van der Waals surface area (Å²) >= 11 is 6.05. The van der Waals surface area contributed by atoms with Crippen molar-refractivity contribution in [3.05, 3.63) is 88.7 Å². The zero-order valence-corrected chi connectivity index (χ0v) is 18.1. The van der Waals surface area contributed by atoms with Gasteiger partial charge in [0, 0.05) is 10.6 Å². The summed E-state index contributed by atoms with van der Waals surface area (Å²) in [5.41, 5.74) is 4.36. The molecule has 0 bridgehead atoms. The Kier molecular flexibility index (Phi) is 5.73. The number of aromatic nitrogens is 3. The van der Waals surface area contributed by atoms with E-state index in [-0.39, 0.29) is 5.82 Å². The summed E-state index contributed by atoms with van der Waals surface area (Å²) in [5.74, 6) is 0.732. The van der Waals surface area contributed by atoms with E-state index < -0.39 is 5.91 Å². The molecule has 0 aliphatic rings. The molecule has 156 valence electrons. The lowest BCUT2D eigenvalue weighted by molar-refractivity contribution is 0.101. The number of nitrogens with zero attached hydrogens (tertiary/aromatic N) is 3. The minimum absolute atomic E-state index is 0.0517. The Balaban J connectivity index is 1.79. The van der Waals surface area contributed by atoms with E-state index in [2.05, 4.69) is 21.5 Å². The molecule has 0 saturated carbocycles. The first kappa shape index (κ1) is 20.6. The molecule has 31 heavy (non-hydrogen) atoms. The van der Waals surface area contributed by atoms with E-state index in [1.54, 1.807) is 36.1 Å². The first-order valence-electron chi connectivity index (χ1n) is 9.71. The molecule has 4 aromatic rings. The minimum atomic E-state index is -0.428. The number of ether oxygens (including phenoxy) is 1. The third-order valence-electron chi connectivity index (χ3n) is 4.85. The molecule has 1 aromatic heterocycles. The minimum Gasteiger partial charge on any atom is -0.495 e. The number of hydrogen-bond donors (Lipinski definition) is 1. The van der Waals surface area contributed by atoms with E-state index in [9.17, 15) is 4.79 Å². The average molecular weight is 433 g/mol. The Morgan fingerprint density at radius 3 is 2.48 bits per heavy atom. The van der Waals surface area contributed by atoms with Gasteiger partial charge in [0.15, 0.2) is 5.82 Å². The summed E-state index contributed by atoms with van der Waals surface area (Å²) in [6, 6.07) is 20.5. The Labute approximate surface area is 185 Å². The van der Waals surface area contributed by atoms with E-state index in [0.717, 1.165) is 22.4 Å². The van der Waals surface area contributed by atoms with Crippen LogP contribution in [0.2, 0.25) is 5.02 Å². The maximum absolute atomic E-state index is 13.0. The SMILES string of the molecule is COc1ccccc1NC(=O)c1nc(-c2ccc(Cl)cc2)n(-c2ccc(C)cc2C)n1. The van der Waals surface area contributed by atoms with Crippen LogP contribution in [0.5, 0.6) is 5.75 Å². The molecule has 0 saturated heterocycles. The molecule has 3 aromatic carbocycles. The van der Waals surface area contributed by atoms with Crippen molar-refractivity contribution in [3.8, 4) is 22.8 Å². The summed E-state index contributed by atoms with van der Waals surface area (Å²) in [7, 11) is 1.55. The predicted molar refractivity (Wildman–Crippen MR) is 122 cm³/mol. The predicted octanol–water partition coefficient (Wildman–Crippen LogP) is 5.47. The molecule has 0 aliphatic carbocycles. The topological polar surface area (TPSA) is 69.0 Å². The summed E-state index contributed by atoms with van der Waals surface area (Å²) < 4.78 is 7.00. The van der Waals surface area contributed by atoms with Crippen molar-refractivity contribution in [2.24, 2.45) is 0 Å². The highest BCUT2D eigenvalue weighted by molar-refractivity contribution is 6.30. The number of amides is 1. The van der Waals surface area contributed by atoms with Crippen LogP contribution in [0.15, 0.2) is 66.7 Å². The lowest BCUT2D eigenvalue weighted by Crippen LogP contribution is -2.15. The van der Waals surface area contributed by atoms with Gasteiger partial charge in [0.25, 0.3) is 5.91 Å². The summed E-state index contributed by atoms with van der Waals surface area (Å²) in [6.45, 7) is 4.04. The third kappa shape index (κ3) is 4.29. The van der Waals surface area contributed by atoms with Crippen LogP contribution in [0.25, 0.3) is 17.1 Å². The smallest absolute Gasteiger partial charge is 0.295 e. The van der Waals surface area contributed by atoms with Crippen LogP contribution in [-0.2, 0) is 0 Å². The van der Waals surface area contributed by atoms with Crippen LogP contribution in [-0.4, -0.2) is 27.8 Å². The fourth-order valence-electron chi connectivity index (χ4n) is 3.33. The Morgan fingerprint density at radius 2 is 1.77 bits per heavy atom. The fraction of sp³-hybridized carbons (Fsp3) is 0.125. The van der Waals surface area contributed by atoms with Gasteiger partial charge in [-0.25, -0.2) is 9.67 Å². The van der Waals surface area contributed by atoms with Gasteiger partial charge in [0.05, 0.1) is 18.5 Å². The number of nitrogens with one attached hydrogen (secondary N) is 1. The van der Waals surface area contributed by atoms with Gasteiger partial charge in [0.1, 0.15) is 5.75 Å². The maximum Gasteiger partial charge on any atom is 0.295 e. The number of benzene rings is 3. The van der Waals surface area contributed by atoms with Gasteiger partial charge in [-0.2, -0.15) is 0 Å². The largest absolute Gasteiger partial charge is 0.495 e. The Bertz CT molecular complexity index is 1250. The first-order valence-corrected chi connectivity index (χ1v) is 10.1. The highest BCUT2D eigenvalue weighted by Crippen LogP contribution is 2.27. The monoisotopic (exact) mass is 432 g/mol. The molecule has 1 amide bonds. The molecule has 0 radical (unpaired) electrons. The lowest BCUT2D eigenvalue weighted by Gasteiger charge is -2.10. The molecule has 0 spiro atoms. The van der Waals surface area contributed by atoms with Crippen molar-refractivity contribution in [2.75, 3.05) is 12.4 Å². The fourth-order valence-corrected chi connectivity index (χ4v) is 3.46. The van der Waals surface area contributed by atoms with Crippen LogP contribution in [0, 0.1) is 13.8 Å². The van der Waals surface area contributed by atoms with E-state index in [1.807, 2.05) is 50.2 Å². The molecule has 0 aliphatic heterocycles. The lowest BCUT2D eigenvalue weighted by atomic mass is 10.1. The molecular weight excluding hydrogens is 412 g/mol. The Morgan fingerprint density at radius 1 is 1.03 bits per heavy atom. The maximum atomic E-state index is 13.0. The number of para-hydroxylation sites is 2. The van der Waals surface area contributed by atoms with E-state index in [0.29, 0.717) is 22.3 Å². The van der Waals surface area contributed by atoms with E-state index in [4.69, 9.17) is 16.3 Å². The van der Waals surface area contributed by atoms with Crippen molar-refractivity contribution >= 4 is 23.2 Å². The third-order valence-corrected chi connectivity index (χ3v) is 5.10. The second-order valence-corrected chi connectivity index (χ2v) is 7.56. The van der Waals surface area contributed by atoms with Crippen molar-refractivity contribution < 1.29 is 9.53 Å². The van der Waals surface area contributed by atoms with Gasteiger partial charge in [-0.1, -0.05) is 41.4 Å². The normalized spacial score (nSPS) is 10.7. The van der Waals surface area contributed by atoms with Crippen LogP contribution in [0.1, 0.15) is 21.7 Å². The number of aryl methyl sites for hydroxylation is 2. The van der Waals surface area contributed by atoms with Gasteiger partial charge < -0.3 is 10.1 Å². The van der Waals surface area contributed by atoms with Gasteiger partial charge >= 0.3 is 0 Å². The molecule has 7 heteroatoms. The van der Waals surface area contributed by atoms with Crippen LogP contribution in [0.3, 0.4) is 0 Å². The molecule has 0 fully saturated rings. The van der Waals surface area contributed by atoms with Gasteiger partial charge in [-0.15, -0.1) is 5.10 Å². The molecular formula is C24H21ClN4O2. The van der Waals surface area contributed by atoms with E-state index in [1.165, 1.54) is 0 Å². The molecule has 1 heterocycles. The first-order chi connectivity index (χ1) is 15.0. The highest BCUT2D eigenvalue weighted by atomic mass is 35.5. The number of carbonyl (C=O) groups excluding carboxylic acids is 1. The summed E-state index contributed by atoms with van der Waals surface area (Å²) in [5, 5.41) is 7.99. The number of methoxy groups -OCH3 is 1. The number of hydrogen-bond acceptors (Lipinski definition) is 4. The summed E-state index contributed by atoms with van der Waals surface area (Å²) in [4.78, 5) is 17.5. The van der Waals surface area contributed by atoms with Crippen molar-refractivity contribution in [3.63, 3.8) is 0 Å². The molecule has 4 rings (SSSR count). The van der Waals surface area contributed by atoms with Gasteiger partial charge in [-0.3, -0.25) is 4.79 Å². The number of carbonyl (C=O) groups is 1. The standard InChI is InChI=1S/C24H21ClN4O2/c1-15-8-13-20(16(2)14-15)29-23(17-9-11-18(25)12-10-17)27-22(28-29)24(30)26-19-6-4-5-7-21(19)31-3/h4-14H,1-3H3,(H,26,30). The highest BCUT2D eigenvalue weighted by Gasteiger charge is 2.20. The number of rotatable bonds is 5. The van der Waals surface area contributed by atoms with Gasteiger partial charge in [0.2, 0.25) is 5.82 Å². The van der Waals surface area contributed by atoms with Crippen molar-refractivity contribution in [1.82, 2.24) is 14.8 Å². The molecule has 0 atom stereocenters. The van der Waals surface area contributed by atoms with Crippen LogP contribution >= 0.6 is 11.6 Å². The van der Waals surface area contributed by atoms with Crippen molar-refractivity contribution in [2.45, 2.75) is 13.8 Å². The molecule has 6 nitrogen and oxygen atoms in total. The van der Waals surface area contributed by atoms with Crippen LogP contribution < -0.4 is 10.1 Å². The quantitative estimate of drug-likeness (QED) is 0.454. The van der Waals surface area contributed by atoms with Gasteiger partial charge in [-0.05, 0) is 61.9 Å². The zero-order chi connectivity index (χ0) is 22.0. The molecule has 1 N–H and O–H groups in total. The summed E-state index contributed by atoms with van der Waals surface area (Å²) in [6.07, 6.45) is 0. The van der Waals surface area contributed by atoms with Crippen LogP contribution in [0.4, 0.5) is 5.69 Å². The molecule has 0 unspecified atom stereocenters. The zero-order valence-electron chi connectivity index (χ0n) is 17.4. The van der Waals surface area contributed by atoms with E-state index >= 15 is 0 Å². The second kappa shape index (κ2) is 8.62. The second-order valence-electron chi connectivity index (χ2n) is 7.12.